The van der Waals surface area contributed by atoms with Crippen LogP contribution in [0.3, 0.4) is 0 Å². The Labute approximate surface area is 218 Å². The number of anilines is 2. The summed E-state index contributed by atoms with van der Waals surface area (Å²) in [6, 6.07) is 7.80. The molecule has 1 fully saturated rings. The number of fused-ring (bicyclic) bond motifs is 1. The van der Waals surface area contributed by atoms with Gasteiger partial charge in [0.05, 0.1) is 23.1 Å². The molecule has 0 spiro atoms. The van der Waals surface area contributed by atoms with Crippen LogP contribution in [0.15, 0.2) is 40.9 Å². The number of halogens is 1. The lowest BCUT2D eigenvalue weighted by atomic mass is 9.81. The summed E-state index contributed by atoms with van der Waals surface area (Å²) in [7, 11) is 4.68. The lowest BCUT2D eigenvalue weighted by Crippen LogP contribution is -2.35. The van der Waals surface area contributed by atoms with Gasteiger partial charge in [0, 0.05) is 32.1 Å². The number of aromatic nitrogens is 1. The molecule has 0 radical (unpaired) electrons. The number of pyridine rings is 1. The molecule has 194 valence electrons. The number of amides is 3. The summed E-state index contributed by atoms with van der Waals surface area (Å²) < 4.78 is 10.7. The van der Waals surface area contributed by atoms with Crippen molar-refractivity contribution in [3.8, 4) is 0 Å². The van der Waals surface area contributed by atoms with Crippen molar-refractivity contribution in [2.45, 2.75) is 25.7 Å². The van der Waals surface area contributed by atoms with Gasteiger partial charge in [-0.05, 0) is 49.9 Å². The molecule has 0 bridgehead atoms. The van der Waals surface area contributed by atoms with Gasteiger partial charge in [-0.15, -0.1) is 0 Å². The molecule has 37 heavy (non-hydrogen) atoms. The minimum atomic E-state index is -0.669. The molecular formula is C26H27ClN4O6. The zero-order valence-electron chi connectivity index (χ0n) is 20.7. The Kier molecular flexibility index (Phi) is 7.77. The molecule has 0 aliphatic heterocycles. The number of benzene rings is 1. The molecule has 0 saturated heterocycles. The highest BCUT2D eigenvalue weighted by molar-refractivity contribution is 6.30. The van der Waals surface area contributed by atoms with Crippen molar-refractivity contribution in [2.75, 3.05) is 31.8 Å². The maximum atomic E-state index is 13.3. The zero-order valence-corrected chi connectivity index (χ0v) is 21.4. The fourth-order valence-electron chi connectivity index (χ4n) is 4.52. The van der Waals surface area contributed by atoms with E-state index in [4.69, 9.17) is 20.8 Å². The van der Waals surface area contributed by atoms with Crippen molar-refractivity contribution in [1.82, 2.24) is 9.88 Å². The molecule has 3 aromatic rings. The first-order chi connectivity index (χ1) is 17.7. The standard InChI is InChI=1S/C26H27ClN4O6/c1-31(2)25(34)15-9-7-14(8-10-15)23(32)30-21-20-17(26(35)36-3)5-4-6-18(20)37-22(21)24(33)29-19-12-11-16(27)13-28-19/h4-6,11-15H,7-10H2,1-3H3,(H,30,32)(H,28,29,33)/t14-,15-. The number of nitrogens with zero attached hydrogens (tertiary/aromatic N) is 2. The highest BCUT2D eigenvalue weighted by atomic mass is 35.5. The monoisotopic (exact) mass is 526 g/mol. The SMILES string of the molecule is COC(=O)c1cccc2oc(C(=O)Nc3ccc(Cl)cn3)c(NC(=O)[C@H]3CC[C@H](C(=O)N(C)C)CC3)c12. The Balaban J connectivity index is 1.65. The van der Waals surface area contributed by atoms with Gasteiger partial charge in [0.2, 0.25) is 17.6 Å². The number of nitrogens with one attached hydrogen (secondary N) is 2. The number of furan rings is 1. The molecule has 0 unspecified atom stereocenters. The quantitative estimate of drug-likeness (QED) is 0.456. The predicted octanol–water partition coefficient (Wildman–Crippen LogP) is 4.35. The largest absolute Gasteiger partial charge is 0.465 e. The van der Waals surface area contributed by atoms with Crippen LogP contribution in [-0.2, 0) is 14.3 Å². The second-order valence-corrected chi connectivity index (χ2v) is 9.50. The van der Waals surface area contributed by atoms with Crippen molar-refractivity contribution in [3.05, 3.63) is 52.9 Å². The van der Waals surface area contributed by atoms with Crippen LogP contribution in [0.2, 0.25) is 5.02 Å². The Bertz CT molecular complexity index is 1340. The molecule has 3 amide bonds. The van der Waals surface area contributed by atoms with Crippen LogP contribution < -0.4 is 10.6 Å². The lowest BCUT2D eigenvalue weighted by Gasteiger charge is -2.28. The summed E-state index contributed by atoms with van der Waals surface area (Å²) >= 11 is 5.87. The molecule has 10 nitrogen and oxygen atoms in total. The molecule has 2 heterocycles. The number of hydrogen-bond acceptors (Lipinski definition) is 7. The van der Waals surface area contributed by atoms with Gasteiger partial charge in [-0.3, -0.25) is 14.4 Å². The van der Waals surface area contributed by atoms with Gasteiger partial charge < -0.3 is 24.7 Å². The third kappa shape index (κ3) is 5.59. The van der Waals surface area contributed by atoms with Crippen LogP contribution >= 0.6 is 11.6 Å². The molecule has 2 aromatic heterocycles. The van der Waals surface area contributed by atoms with E-state index in [0.29, 0.717) is 30.7 Å². The van der Waals surface area contributed by atoms with E-state index >= 15 is 0 Å². The third-order valence-electron chi connectivity index (χ3n) is 6.43. The van der Waals surface area contributed by atoms with E-state index in [1.54, 1.807) is 37.2 Å². The molecule has 0 atom stereocenters. The van der Waals surface area contributed by atoms with E-state index in [-0.39, 0.29) is 57.4 Å². The van der Waals surface area contributed by atoms with Crippen LogP contribution in [0.4, 0.5) is 11.5 Å². The molecular weight excluding hydrogens is 500 g/mol. The van der Waals surface area contributed by atoms with Crippen LogP contribution in [0.25, 0.3) is 11.0 Å². The number of rotatable bonds is 6. The van der Waals surface area contributed by atoms with Crippen molar-refractivity contribution in [1.29, 1.82) is 0 Å². The van der Waals surface area contributed by atoms with Gasteiger partial charge >= 0.3 is 5.97 Å². The average Bonchev–Trinajstić information content (AvgIpc) is 3.27. The van der Waals surface area contributed by atoms with Crippen molar-refractivity contribution in [2.24, 2.45) is 11.8 Å². The number of ether oxygens (including phenoxy) is 1. The van der Waals surface area contributed by atoms with E-state index in [9.17, 15) is 19.2 Å². The Hall–Kier alpha value is -3.92. The molecule has 1 aliphatic carbocycles. The first-order valence-corrected chi connectivity index (χ1v) is 12.2. The fourth-order valence-corrected chi connectivity index (χ4v) is 4.64. The van der Waals surface area contributed by atoms with Gasteiger partial charge in [-0.25, -0.2) is 9.78 Å². The van der Waals surface area contributed by atoms with Crippen molar-refractivity contribution < 1.29 is 28.3 Å². The topological polar surface area (TPSA) is 131 Å². The number of hydrogen-bond donors (Lipinski definition) is 2. The molecule has 11 heteroatoms. The summed E-state index contributed by atoms with van der Waals surface area (Å²) in [6.07, 6.45) is 3.59. The van der Waals surface area contributed by atoms with Gasteiger partial charge in [0.15, 0.2) is 0 Å². The molecule has 2 N–H and O–H groups in total. The van der Waals surface area contributed by atoms with E-state index in [0.717, 1.165) is 0 Å². The molecule has 4 rings (SSSR count). The summed E-state index contributed by atoms with van der Waals surface area (Å²) in [6.45, 7) is 0. The summed E-state index contributed by atoms with van der Waals surface area (Å²) in [4.78, 5) is 56.9. The summed E-state index contributed by atoms with van der Waals surface area (Å²) in [5.74, 6) is -2.03. The minimum absolute atomic E-state index is 0.0529. The van der Waals surface area contributed by atoms with Crippen molar-refractivity contribution >= 4 is 57.8 Å². The third-order valence-corrected chi connectivity index (χ3v) is 6.66. The maximum Gasteiger partial charge on any atom is 0.338 e. The maximum absolute atomic E-state index is 13.3. The van der Waals surface area contributed by atoms with Crippen LogP contribution in [0.5, 0.6) is 0 Å². The average molecular weight is 527 g/mol. The summed E-state index contributed by atoms with van der Waals surface area (Å²) in [5.41, 5.74) is 0.440. The fraction of sp³-hybridized carbons (Fsp3) is 0.346. The Morgan fingerprint density at radius 2 is 1.73 bits per heavy atom. The molecule has 1 aromatic carbocycles. The molecule has 1 saturated carbocycles. The Morgan fingerprint density at radius 3 is 2.35 bits per heavy atom. The van der Waals surface area contributed by atoms with E-state index in [1.807, 2.05) is 0 Å². The summed E-state index contributed by atoms with van der Waals surface area (Å²) in [5, 5.41) is 6.11. The van der Waals surface area contributed by atoms with Crippen LogP contribution in [0.1, 0.15) is 46.6 Å². The number of esters is 1. The van der Waals surface area contributed by atoms with Crippen LogP contribution in [0, 0.1) is 11.8 Å². The van der Waals surface area contributed by atoms with Crippen molar-refractivity contribution in [3.63, 3.8) is 0 Å². The normalized spacial score (nSPS) is 17.2. The lowest BCUT2D eigenvalue weighted by molar-refractivity contribution is -0.135. The second-order valence-electron chi connectivity index (χ2n) is 9.06. The number of carbonyl (C=O) groups is 4. The number of carbonyl (C=O) groups excluding carboxylic acids is 4. The smallest absolute Gasteiger partial charge is 0.338 e. The second kappa shape index (κ2) is 11.0. The van der Waals surface area contributed by atoms with E-state index in [1.165, 1.54) is 25.4 Å². The Morgan fingerprint density at radius 1 is 1.03 bits per heavy atom. The first-order valence-electron chi connectivity index (χ1n) is 11.8. The van der Waals surface area contributed by atoms with Gasteiger partial charge in [-0.1, -0.05) is 17.7 Å². The van der Waals surface area contributed by atoms with Gasteiger partial charge in [0.25, 0.3) is 5.91 Å². The molecule has 1 aliphatic rings. The predicted molar refractivity (Wildman–Crippen MR) is 138 cm³/mol. The highest BCUT2D eigenvalue weighted by Crippen LogP contribution is 2.36. The number of methoxy groups -OCH3 is 1. The first kappa shape index (κ1) is 26.2. The van der Waals surface area contributed by atoms with E-state index < -0.39 is 11.9 Å². The van der Waals surface area contributed by atoms with Gasteiger partial charge in [-0.2, -0.15) is 0 Å². The minimum Gasteiger partial charge on any atom is -0.465 e. The van der Waals surface area contributed by atoms with E-state index in [2.05, 4.69) is 15.6 Å². The highest BCUT2D eigenvalue weighted by Gasteiger charge is 2.33. The van der Waals surface area contributed by atoms with Gasteiger partial charge in [0.1, 0.15) is 17.1 Å². The zero-order chi connectivity index (χ0) is 26.7. The van der Waals surface area contributed by atoms with Crippen LogP contribution in [-0.4, -0.2) is 54.8 Å².